The second kappa shape index (κ2) is 7.80. The van der Waals surface area contributed by atoms with E-state index in [0.29, 0.717) is 21.9 Å². The maximum absolute atomic E-state index is 12.4. The summed E-state index contributed by atoms with van der Waals surface area (Å²) in [5, 5.41) is 0.522. The summed E-state index contributed by atoms with van der Waals surface area (Å²) in [4.78, 5) is 17.4. The molecule has 0 spiro atoms. The number of carbonyl (C=O) groups is 1. The number of fused-ring (bicyclic) bond motifs is 1. The molecule has 0 aliphatic rings. The number of rotatable bonds is 5. The summed E-state index contributed by atoms with van der Waals surface area (Å²) in [7, 11) is -3.31. The fraction of sp³-hybridized carbons (Fsp3) is 0.158. The molecule has 0 fully saturated rings. The maximum atomic E-state index is 12.4. The molecule has 0 aliphatic heterocycles. The molecule has 0 N–H and O–H groups in total. The average molecular weight is 421 g/mol. The largest absolute Gasteiger partial charge is 0.313 e. The molecule has 8 heteroatoms. The van der Waals surface area contributed by atoms with E-state index in [1.165, 1.54) is 11.3 Å². The van der Waals surface area contributed by atoms with E-state index in [-0.39, 0.29) is 17.2 Å². The van der Waals surface area contributed by atoms with Crippen molar-refractivity contribution in [1.82, 2.24) is 4.57 Å². The number of hydrogen-bond acceptors (Lipinski definition) is 4. The molecule has 0 atom stereocenters. The monoisotopic (exact) mass is 420 g/mol. The molecule has 0 bridgehead atoms. The third-order valence-corrected chi connectivity index (χ3v) is 6.43. The van der Waals surface area contributed by atoms with Crippen molar-refractivity contribution < 1.29 is 13.2 Å². The molecular weight excluding hydrogens is 404 g/mol. The molecule has 0 aliphatic carbocycles. The zero-order valence-electron chi connectivity index (χ0n) is 14.6. The van der Waals surface area contributed by atoms with Crippen LogP contribution < -0.4 is 4.80 Å². The van der Waals surface area contributed by atoms with E-state index in [0.717, 1.165) is 16.5 Å². The molecule has 0 unspecified atom stereocenters. The van der Waals surface area contributed by atoms with Crippen LogP contribution in [0, 0.1) is 0 Å². The number of halogens is 1. The number of allylic oxidation sites excluding steroid dienone is 1. The molecule has 0 saturated heterocycles. The third-order valence-electron chi connectivity index (χ3n) is 3.91. The van der Waals surface area contributed by atoms with Crippen molar-refractivity contribution in [3.05, 3.63) is 70.5 Å². The van der Waals surface area contributed by atoms with Crippen LogP contribution in [-0.2, 0) is 27.6 Å². The summed E-state index contributed by atoms with van der Waals surface area (Å²) in [6.07, 6.45) is 2.96. The second-order valence-electron chi connectivity index (χ2n) is 5.96. The minimum absolute atomic E-state index is 0.0938. The van der Waals surface area contributed by atoms with Gasteiger partial charge in [-0.2, -0.15) is 4.99 Å². The van der Waals surface area contributed by atoms with Crippen LogP contribution in [0.2, 0.25) is 5.02 Å². The van der Waals surface area contributed by atoms with Crippen molar-refractivity contribution in [2.45, 2.75) is 17.9 Å². The molecule has 2 aromatic carbocycles. The molecule has 1 heterocycles. The molecular formula is C19H17ClN2O3S2. The number of nitrogens with zero attached hydrogens (tertiary/aromatic N) is 2. The molecule has 3 rings (SSSR count). The first-order valence-electron chi connectivity index (χ1n) is 8.05. The van der Waals surface area contributed by atoms with E-state index in [1.54, 1.807) is 42.5 Å². The fourth-order valence-electron chi connectivity index (χ4n) is 2.63. The van der Waals surface area contributed by atoms with Gasteiger partial charge in [0.05, 0.1) is 21.5 Å². The first kappa shape index (κ1) is 19.5. The van der Waals surface area contributed by atoms with Gasteiger partial charge in [-0.3, -0.25) is 4.79 Å². The average Bonchev–Trinajstić information content (AvgIpc) is 2.93. The Balaban J connectivity index is 2.07. The van der Waals surface area contributed by atoms with Crippen LogP contribution in [0.3, 0.4) is 0 Å². The Morgan fingerprint density at radius 1 is 1.30 bits per heavy atom. The number of hydrogen-bond donors (Lipinski definition) is 0. The van der Waals surface area contributed by atoms with Crippen molar-refractivity contribution in [1.29, 1.82) is 0 Å². The van der Waals surface area contributed by atoms with Crippen LogP contribution in [0.4, 0.5) is 0 Å². The van der Waals surface area contributed by atoms with Gasteiger partial charge in [0.15, 0.2) is 14.6 Å². The smallest absolute Gasteiger partial charge is 0.252 e. The van der Waals surface area contributed by atoms with Gasteiger partial charge < -0.3 is 4.57 Å². The highest BCUT2D eigenvalue weighted by molar-refractivity contribution is 7.90. The highest BCUT2D eigenvalue weighted by Gasteiger charge is 2.13. The summed E-state index contributed by atoms with van der Waals surface area (Å²) >= 11 is 7.38. The van der Waals surface area contributed by atoms with Gasteiger partial charge in [0.1, 0.15) is 0 Å². The number of thiazole rings is 1. The molecule has 0 radical (unpaired) electrons. The third kappa shape index (κ3) is 4.37. The highest BCUT2D eigenvalue weighted by atomic mass is 35.5. The molecule has 5 nitrogen and oxygen atoms in total. The van der Waals surface area contributed by atoms with Crippen LogP contribution in [0.1, 0.15) is 5.56 Å². The Labute approximate surface area is 166 Å². The van der Waals surface area contributed by atoms with E-state index in [2.05, 4.69) is 11.6 Å². The van der Waals surface area contributed by atoms with Gasteiger partial charge in [-0.15, -0.1) is 6.58 Å². The molecule has 27 heavy (non-hydrogen) atoms. The zero-order chi connectivity index (χ0) is 19.6. The standard InChI is InChI=1S/C19H17ClN2O3S2/c1-3-10-22-16-9-8-14(27(2,24)25)12-17(16)26-19(22)21-18(23)11-13-6-4-5-7-15(13)20/h3-9,12H,1,10-11H2,2H3. The number of aromatic nitrogens is 1. The van der Waals surface area contributed by atoms with Gasteiger partial charge >= 0.3 is 0 Å². The molecule has 3 aromatic rings. The Morgan fingerprint density at radius 3 is 2.70 bits per heavy atom. The van der Waals surface area contributed by atoms with Gasteiger partial charge in [-0.05, 0) is 29.8 Å². The molecule has 1 aromatic heterocycles. The van der Waals surface area contributed by atoms with Gasteiger partial charge in [-0.25, -0.2) is 8.42 Å². The Bertz CT molecular complexity index is 1210. The van der Waals surface area contributed by atoms with Gasteiger partial charge in [0.25, 0.3) is 5.91 Å². The lowest BCUT2D eigenvalue weighted by molar-refractivity contribution is -0.117. The summed E-state index contributed by atoms with van der Waals surface area (Å²) in [6.45, 7) is 4.20. The topological polar surface area (TPSA) is 68.5 Å². The van der Waals surface area contributed by atoms with E-state index < -0.39 is 9.84 Å². The van der Waals surface area contributed by atoms with E-state index in [1.807, 2.05) is 10.6 Å². The minimum atomic E-state index is -3.31. The van der Waals surface area contributed by atoms with Crippen LogP contribution in [-0.4, -0.2) is 25.1 Å². The van der Waals surface area contributed by atoms with Crippen LogP contribution >= 0.6 is 22.9 Å². The highest BCUT2D eigenvalue weighted by Crippen LogP contribution is 2.22. The van der Waals surface area contributed by atoms with E-state index in [4.69, 9.17) is 11.6 Å². The van der Waals surface area contributed by atoms with Gasteiger partial charge in [0, 0.05) is 17.8 Å². The zero-order valence-corrected chi connectivity index (χ0v) is 16.9. The first-order chi connectivity index (χ1) is 12.8. The van der Waals surface area contributed by atoms with Crippen LogP contribution in [0.5, 0.6) is 0 Å². The number of amides is 1. The maximum Gasteiger partial charge on any atom is 0.252 e. The normalized spacial score (nSPS) is 12.4. The lowest BCUT2D eigenvalue weighted by Crippen LogP contribution is -2.17. The summed E-state index contributed by atoms with van der Waals surface area (Å²) in [6, 6.07) is 12.0. The summed E-state index contributed by atoms with van der Waals surface area (Å²) in [5.41, 5.74) is 1.51. The molecule has 140 valence electrons. The number of carbonyl (C=O) groups excluding carboxylic acids is 1. The van der Waals surface area contributed by atoms with Gasteiger partial charge in [-0.1, -0.05) is 47.2 Å². The Morgan fingerprint density at radius 2 is 2.04 bits per heavy atom. The van der Waals surface area contributed by atoms with Crippen molar-refractivity contribution >= 4 is 48.9 Å². The summed E-state index contributed by atoms with van der Waals surface area (Å²) in [5.74, 6) is -0.323. The van der Waals surface area contributed by atoms with Crippen molar-refractivity contribution in [3.63, 3.8) is 0 Å². The van der Waals surface area contributed by atoms with Crippen molar-refractivity contribution in [3.8, 4) is 0 Å². The lowest BCUT2D eigenvalue weighted by atomic mass is 10.1. The number of sulfone groups is 1. The quantitative estimate of drug-likeness (QED) is 0.592. The molecule has 0 saturated carbocycles. The van der Waals surface area contributed by atoms with E-state index >= 15 is 0 Å². The molecule has 1 amide bonds. The van der Waals surface area contributed by atoms with E-state index in [9.17, 15) is 13.2 Å². The SMILES string of the molecule is C=CCn1c(=NC(=O)Cc2ccccc2Cl)sc2cc(S(C)(=O)=O)ccc21. The lowest BCUT2D eigenvalue weighted by Gasteiger charge is -2.03. The van der Waals surface area contributed by atoms with Crippen LogP contribution in [0.15, 0.2) is 65.0 Å². The minimum Gasteiger partial charge on any atom is -0.313 e. The summed E-state index contributed by atoms with van der Waals surface area (Å²) < 4.78 is 26.2. The second-order valence-corrected chi connectivity index (χ2v) is 9.39. The predicted molar refractivity (Wildman–Crippen MR) is 109 cm³/mol. The van der Waals surface area contributed by atoms with Crippen molar-refractivity contribution in [2.24, 2.45) is 4.99 Å². The Kier molecular flexibility index (Phi) is 5.64. The Hall–Kier alpha value is -2.22. The number of benzene rings is 2. The fourth-order valence-corrected chi connectivity index (χ4v) is 4.65. The first-order valence-corrected chi connectivity index (χ1v) is 11.1. The van der Waals surface area contributed by atoms with Gasteiger partial charge in [0.2, 0.25) is 0 Å². The van der Waals surface area contributed by atoms with Crippen LogP contribution in [0.25, 0.3) is 10.2 Å². The van der Waals surface area contributed by atoms with Crippen molar-refractivity contribution in [2.75, 3.05) is 6.26 Å². The predicted octanol–water partition coefficient (Wildman–Crippen LogP) is 3.62.